The summed E-state index contributed by atoms with van der Waals surface area (Å²) in [4.78, 5) is 31.5. The van der Waals surface area contributed by atoms with Gasteiger partial charge in [-0.15, -0.1) is 0 Å². The molecule has 3 rings (SSSR count). The predicted molar refractivity (Wildman–Crippen MR) is 108 cm³/mol. The number of halogens is 1. The quantitative estimate of drug-likeness (QED) is 0.353. The van der Waals surface area contributed by atoms with Crippen LogP contribution < -0.4 is 10.7 Å². The Hall–Kier alpha value is -3.40. The van der Waals surface area contributed by atoms with E-state index in [2.05, 4.69) is 41.7 Å². The fourth-order valence-electron chi connectivity index (χ4n) is 2.37. The Bertz CT molecular complexity index is 956. The summed E-state index contributed by atoms with van der Waals surface area (Å²) in [6.07, 6.45) is 3.89. The molecule has 2 aromatic heterocycles. The third-order valence-corrected chi connectivity index (χ3v) is 4.19. The molecule has 0 spiro atoms. The lowest BCUT2D eigenvalue weighted by Crippen LogP contribution is -2.47. The molecule has 0 saturated heterocycles. The van der Waals surface area contributed by atoms with Gasteiger partial charge in [-0.1, -0.05) is 30.3 Å². The molecule has 150 valence electrons. The largest absolute Gasteiger partial charge is 0.448 e. The number of benzene rings is 1. The van der Waals surface area contributed by atoms with E-state index in [-0.39, 0.29) is 13.0 Å². The highest BCUT2D eigenvalue weighted by atomic mass is 79.9. The van der Waals surface area contributed by atoms with E-state index in [0.29, 0.717) is 16.1 Å². The average molecular weight is 460 g/mol. The summed E-state index contributed by atoms with van der Waals surface area (Å²) < 4.78 is 11.0. The normalized spacial score (nSPS) is 11.9. The van der Waals surface area contributed by atoms with Crippen LogP contribution in [-0.4, -0.2) is 34.2 Å². The number of carbonyl (C=O) groups excluding carboxylic acids is 2. The molecule has 10 heteroatoms. The van der Waals surface area contributed by atoms with E-state index < -0.39 is 18.0 Å². The van der Waals surface area contributed by atoms with Gasteiger partial charge in [0, 0.05) is 18.3 Å². The molecule has 29 heavy (non-hydrogen) atoms. The maximum Gasteiger partial charge on any atom is 0.408 e. The summed E-state index contributed by atoms with van der Waals surface area (Å²) in [5, 5.41) is 6.40. The first-order chi connectivity index (χ1) is 14.1. The molecule has 0 unspecified atom stereocenters. The number of imidazole rings is 1. The van der Waals surface area contributed by atoms with Crippen molar-refractivity contribution in [2.45, 2.75) is 19.1 Å². The van der Waals surface area contributed by atoms with Gasteiger partial charge in [0.1, 0.15) is 18.4 Å². The summed E-state index contributed by atoms with van der Waals surface area (Å²) in [7, 11) is 0. The summed E-state index contributed by atoms with van der Waals surface area (Å²) in [5.74, 6) is -0.0596. The van der Waals surface area contributed by atoms with E-state index in [0.717, 1.165) is 5.56 Å². The smallest absolute Gasteiger partial charge is 0.408 e. The van der Waals surface area contributed by atoms with E-state index in [4.69, 9.17) is 9.15 Å². The van der Waals surface area contributed by atoms with Crippen molar-refractivity contribution >= 4 is 34.1 Å². The highest BCUT2D eigenvalue weighted by Gasteiger charge is 2.22. The minimum Gasteiger partial charge on any atom is -0.448 e. The fraction of sp³-hybridized carbons (Fsp3) is 0.158. The Morgan fingerprint density at radius 2 is 2.10 bits per heavy atom. The molecule has 0 aliphatic heterocycles. The SMILES string of the molecule is O=C(N[C@H](Cc1cnc[nH]1)C(=O)N/N=C\c1ccc(Br)o1)OCc1ccccc1. The van der Waals surface area contributed by atoms with Crippen molar-refractivity contribution in [3.8, 4) is 0 Å². The fourth-order valence-corrected chi connectivity index (χ4v) is 2.69. The number of carbonyl (C=O) groups is 2. The Morgan fingerprint density at radius 3 is 2.79 bits per heavy atom. The molecule has 0 aliphatic rings. The minimum absolute atomic E-state index is 0.0938. The van der Waals surface area contributed by atoms with Crippen LogP contribution in [0.5, 0.6) is 0 Å². The second kappa shape index (κ2) is 10.2. The monoisotopic (exact) mass is 459 g/mol. The maximum atomic E-state index is 12.5. The van der Waals surface area contributed by atoms with Crippen molar-refractivity contribution < 1.29 is 18.7 Å². The number of furan rings is 1. The lowest BCUT2D eigenvalue weighted by atomic mass is 10.1. The first-order valence-electron chi connectivity index (χ1n) is 8.63. The molecule has 0 bridgehead atoms. The van der Waals surface area contributed by atoms with Crippen LogP contribution in [-0.2, 0) is 22.6 Å². The van der Waals surface area contributed by atoms with Crippen molar-refractivity contribution in [2.75, 3.05) is 0 Å². The molecular formula is C19H18BrN5O4. The number of aromatic nitrogens is 2. The summed E-state index contributed by atoms with van der Waals surface area (Å²) >= 11 is 3.18. The van der Waals surface area contributed by atoms with Crippen molar-refractivity contribution in [1.82, 2.24) is 20.7 Å². The van der Waals surface area contributed by atoms with Crippen molar-refractivity contribution in [2.24, 2.45) is 5.10 Å². The molecule has 9 nitrogen and oxygen atoms in total. The number of hydrogen-bond acceptors (Lipinski definition) is 6. The highest BCUT2D eigenvalue weighted by molar-refractivity contribution is 9.10. The zero-order valence-electron chi connectivity index (χ0n) is 15.2. The van der Waals surface area contributed by atoms with E-state index >= 15 is 0 Å². The second-order valence-electron chi connectivity index (χ2n) is 5.92. The lowest BCUT2D eigenvalue weighted by Gasteiger charge is -2.16. The van der Waals surface area contributed by atoms with Gasteiger partial charge in [0.15, 0.2) is 4.67 Å². The van der Waals surface area contributed by atoms with Crippen molar-refractivity contribution in [1.29, 1.82) is 0 Å². The van der Waals surface area contributed by atoms with Crippen LogP contribution in [0.15, 0.2) is 69.2 Å². The van der Waals surface area contributed by atoms with Gasteiger partial charge in [0.05, 0.1) is 12.5 Å². The second-order valence-corrected chi connectivity index (χ2v) is 6.70. The van der Waals surface area contributed by atoms with E-state index in [1.54, 1.807) is 18.3 Å². The molecule has 3 N–H and O–H groups in total. The first-order valence-corrected chi connectivity index (χ1v) is 9.42. The third-order valence-electron chi connectivity index (χ3n) is 3.76. The van der Waals surface area contributed by atoms with Gasteiger partial charge in [-0.3, -0.25) is 4.79 Å². The predicted octanol–water partition coefficient (Wildman–Crippen LogP) is 2.75. The van der Waals surface area contributed by atoms with Crippen LogP contribution >= 0.6 is 15.9 Å². The summed E-state index contributed by atoms with van der Waals surface area (Å²) in [5.41, 5.74) is 3.90. The van der Waals surface area contributed by atoms with Gasteiger partial charge in [-0.2, -0.15) is 5.10 Å². The van der Waals surface area contributed by atoms with Crippen molar-refractivity contribution in [3.05, 3.63) is 76.7 Å². The Balaban J connectivity index is 1.58. The molecule has 1 atom stereocenters. The van der Waals surface area contributed by atoms with Crippen LogP contribution in [0.4, 0.5) is 4.79 Å². The highest BCUT2D eigenvalue weighted by Crippen LogP contribution is 2.12. The number of amides is 2. The molecular weight excluding hydrogens is 442 g/mol. The van der Waals surface area contributed by atoms with E-state index in [1.165, 1.54) is 12.5 Å². The van der Waals surface area contributed by atoms with Gasteiger partial charge in [0.2, 0.25) is 0 Å². The maximum absolute atomic E-state index is 12.5. The minimum atomic E-state index is -0.917. The van der Waals surface area contributed by atoms with Crippen molar-refractivity contribution in [3.63, 3.8) is 0 Å². The van der Waals surface area contributed by atoms with Gasteiger partial charge < -0.3 is 19.5 Å². The van der Waals surface area contributed by atoms with E-state index in [1.807, 2.05) is 30.3 Å². The molecule has 0 fully saturated rings. The number of nitrogens with one attached hydrogen (secondary N) is 3. The number of hydrogen-bond donors (Lipinski definition) is 3. The zero-order valence-corrected chi connectivity index (χ0v) is 16.8. The number of alkyl carbamates (subject to hydrolysis) is 1. The first kappa shape index (κ1) is 20.3. The van der Waals surface area contributed by atoms with Crippen LogP contribution in [0.3, 0.4) is 0 Å². The van der Waals surface area contributed by atoms with Crippen LogP contribution in [0.25, 0.3) is 0 Å². The summed E-state index contributed by atoms with van der Waals surface area (Å²) in [6, 6.07) is 11.7. The molecule has 2 amide bonds. The molecule has 0 radical (unpaired) electrons. The van der Waals surface area contributed by atoms with E-state index in [9.17, 15) is 9.59 Å². The average Bonchev–Trinajstić information content (AvgIpc) is 3.38. The van der Waals surface area contributed by atoms with Crippen LogP contribution in [0.2, 0.25) is 0 Å². The molecule has 1 aromatic carbocycles. The van der Waals surface area contributed by atoms with Gasteiger partial charge >= 0.3 is 6.09 Å². The van der Waals surface area contributed by atoms with Gasteiger partial charge in [-0.25, -0.2) is 15.2 Å². The van der Waals surface area contributed by atoms with Gasteiger partial charge in [-0.05, 0) is 33.6 Å². The molecule has 0 saturated carbocycles. The molecule has 2 heterocycles. The third kappa shape index (κ3) is 6.61. The number of H-pyrrole nitrogens is 1. The zero-order chi connectivity index (χ0) is 20.5. The number of nitrogens with zero attached hydrogens (tertiary/aromatic N) is 2. The molecule has 0 aliphatic carbocycles. The topological polar surface area (TPSA) is 122 Å². The Labute approximate surface area is 174 Å². The number of rotatable bonds is 8. The Kier molecular flexibility index (Phi) is 7.17. The summed E-state index contributed by atoms with van der Waals surface area (Å²) in [6.45, 7) is 0.0938. The Morgan fingerprint density at radius 1 is 1.28 bits per heavy atom. The number of ether oxygens (including phenoxy) is 1. The standard InChI is InChI=1S/C19H18BrN5O4/c20-17-7-6-15(29-17)10-23-25-18(26)16(8-14-9-21-12-22-14)24-19(27)28-11-13-4-2-1-3-5-13/h1-7,9-10,12,16H,8,11H2,(H,21,22)(H,24,27)(H,25,26)/b23-10-/t16-/m1/s1. The van der Waals surface area contributed by atoms with Gasteiger partial charge in [0.25, 0.3) is 5.91 Å². The van der Waals surface area contributed by atoms with Crippen LogP contribution in [0, 0.1) is 0 Å². The number of aromatic amines is 1. The number of hydrazone groups is 1. The lowest BCUT2D eigenvalue weighted by molar-refractivity contribution is -0.123. The van der Waals surface area contributed by atoms with Crippen LogP contribution in [0.1, 0.15) is 17.0 Å². The molecule has 3 aromatic rings.